The number of carbonyl (C=O) groups excluding carboxylic acids is 2. The van der Waals surface area contributed by atoms with Crippen molar-refractivity contribution in [2.24, 2.45) is 0 Å². The van der Waals surface area contributed by atoms with Gasteiger partial charge in [0.1, 0.15) is 17.4 Å². The van der Waals surface area contributed by atoms with E-state index in [1.807, 2.05) is 0 Å². The number of halogens is 2. The minimum atomic E-state index is -0.648. The van der Waals surface area contributed by atoms with Gasteiger partial charge in [-0.3, -0.25) is 9.59 Å². The van der Waals surface area contributed by atoms with E-state index in [0.29, 0.717) is 5.69 Å². The average molecular weight is 358 g/mol. The van der Waals surface area contributed by atoms with Gasteiger partial charge in [0.25, 0.3) is 5.91 Å². The standard InChI is InChI=1S/C19H16F2N2O3/c1-22-19(26)14-9-17(24)23(10-11-8-12(20)6-7-15(11)21)16-5-3-2-4-13(16)18(14)25/h2-8,25H,9-10H2,1H3,(H,22,26). The number of fused-ring (bicyclic) bond motifs is 1. The number of aliphatic hydroxyl groups is 1. The van der Waals surface area contributed by atoms with Gasteiger partial charge in [0.2, 0.25) is 5.91 Å². The van der Waals surface area contributed by atoms with Gasteiger partial charge in [-0.1, -0.05) is 12.1 Å². The Morgan fingerprint density at radius 1 is 1.23 bits per heavy atom. The SMILES string of the molecule is CNC(=O)C1=C(O)c2ccccc2N(Cc2cc(F)ccc2F)C(=O)C1. The summed E-state index contributed by atoms with van der Waals surface area (Å²) in [5.74, 6) is -2.67. The van der Waals surface area contributed by atoms with Crippen molar-refractivity contribution in [3.8, 4) is 0 Å². The summed E-state index contributed by atoms with van der Waals surface area (Å²) in [5, 5.41) is 12.9. The highest BCUT2D eigenvalue weighted by atomic mass is 19.1. The molecule has 2 N–H and O–H groups in total. The number of likely N-dealkylation sites (N-methyl/N-ethyl adjacent to an activating group) is 1. The molecule has 2 aromatic carbocycles. The van der Waals surface area contributed by atoms with Crippen molar-refractivity contribution in [2.75, 3.05) is 11.9 Å². The lowest BCUT2D eigenvalue weighted by Crippen LogP contribution is -2.32. The lowest BCUT2D eigenvalue weighted by atomic mass is 10.1. The lowest BCUT2D eigenvalue weighted by Gasteiger charge is -2.23. The van der Waals surface area contributed by atoms with Crippen LogP contribution in [0.3, 0.4) is 0 Å². The maximum atomic E-state index is 14.0. The Morgan fingerprint density at radius 2 is 1.96 bits per heavy atom. The van der Waals surface area contributed by atoms with Crippen molar-refractivity contribution in [3.05, 3.63) is 70.8 Å². The van der Waals surface area contributed by atoms with Gasteiger partial charge in [-0.25, -0.2) is 8.78 Å². The highest BCUT2D eigenvalue weighted by molar-refractivity contribution is 6.10. The van der Waals surface area contributed by atoms with E-state index in [1.165, 1.54) is 11.9 Å². The van der Waals surface area contributed by atoms with Crippen LogP contribution in [0, 0.1) is 11.6 Å². The van der Waals surface area contributed by atoms with E-state index in [0.717, 1.165) is 18.2 Å². The molecule has 0 aliphatic carbocycles. The molecule has 134 valence electrons. The summed E-state index contributed by atoms with van der Waals surface area (Å²) < 4.78 is 27.5. The summed E-state index contributed by atoms with van der Waals surface area (Å²) in [7, 11) is 1.39. The lowest BCUT2D eigenvalue weighted by molar-refractivity contribution is -0.121. The predicted octanol–water partition coefficient (Wildman–Crippen LogP) is 2.92. The number of rotatable bonds is 3. The van der Waals surface area contributed by atoms with Crippen molar-refractivity contribution in [3.63, 3.8) is 0 Å². The Labute approximate surface area is 148 Å². The molecular formula is C19H16F2N2O3. The molecule has 0 aromatic heterocycles. The van der Waals surface area contributed by atoms with Crippen LogP contribution in [0.1, 0.15) is 17.5 Å². The topological polar surface area (TPSA) is 69.6 Å². The van der Waals surface area contributed by atoms with E-state index in [1.54, 1.807) is 24.3 Å². The number of amides is 2. The van der Waals surface area contributed by atoms with Crippen molar-refractivity contribution in [1.29, 1.82) is 0 Å². The third-order valence-corrected chi connectivity index (χ3v) is 4.20. The fraction of sp³-hybridized carbons (Fsp3) is 0.158. The zero-order chi connectivity index (χ0) is 18.8. The number of hydrogen-bond acceptors (Lipinski definition) is 3. The van der Waals surface area contributed by atoms with Crippen LogP contribution >= 0.6 is 0 Å². The summed E-state index contributed by atoms with van der Waals surface area (Å²) in [6.07, 6.45) is -0.364. The molecule has 0 radical (unpaired) electrons. The molecule has 1 heterocycles. The summed E-state index contributed by atoms with van der Waals surface area (Å²) in [5.41, 5.74) is 0.509. The van der Waals surface area contributed by atoms with Crippen molar-refractivity contribution < 1.29 is 23.5 Å². The van der Waals surface area contributed by atoms with Gasteiger partial charge < -0.3 is 15.3 Å². The van der Waals surface area contributed by atoms with Gasteiger partial charge in [0, 0.05) is 18.2 Å². The first-order valence-electron chi connectivity index (χ1n) is 7.90. The molecule has 2 amide bonds. The van der Waals surface area contributed by atoms with Crippen LogP contribution in [0.25, 0.3) is 5.76 Å². The highest BCUT2D eigenvalue weighted by Crippen LogP contribution is 2.34. The number of hydrogen-bond donors (Lipinski definition) is 2. The monoisotopic (exact) mass is 358 g/mol. The normalized spacial score (nSPS) is 14.1. The van der Waals surface area contributed by atoms with Crippen LogP contribution in [0.15, 0.2) is 48.0 Å². The van der Waals surface area contributed by atoms with Gasteiger partial charge in [-0.05, 0) is 30.3 Å². The Balaban J connectivity index is 2.09. The maximum Gasteiger partial charge on any atom is 0.251 e. The quantitative estimate of drug-likeness (QED) is 0.886. The van der Waals surface area contributed by atoms with Gasteiger partial charge in [-0.15, -0.1) is 0 Å². The fourth-order valence-corrected chi connectivity index (χ4v) is 2.88. The van der Waals surface area contributed by atoms with Crippen LogP contribution in [-0.4, -0.2) is 24.0 Å². The zero-order valence-corrected chi connectivity index (χ0v) is 13.9. The molecule has 7 heteroatoms. The third kappa shape index (κ3) is 3.15. The van der Waals surface area contributed by atoms with E-state index in [2.05, 4.69) is 5.32 Å². The minimum Gasteiger partial charge on any atom is -0.507 e. The van der Waals surface area contributed by atoms with Crippen molar-refractivity contribution >= 4 is 23.3 Å². The number of nitrogens with one attached hydrogen (secondary N) is 1. The number of anilines is 1. The van der Waals surface area contributed by atoms with E-state index >= 15 is 0 Å². The highest BCUT2D eigenvalue weighted by Gasteiger charge is 2.30. The second-order valence-corrected chi connectivity index (χ2v) is 5.82. The largest absolute Gasteiger partial charge is 0.507 e. The summed E-state index contributed by atoms with van der Waals surface area (Å²) >= 11 is 0. The molecule has 5 nitrogen and oxygen atoms in total. The Bertz CT molecular complexity index is 925. The van der Waals surface area contributed by atoms with Crippen LogP contribution in [-0.2, 0) is 16.1 Å². The second-order valence-electron chi connectivity index (χ2n) is 5.82. The summed E-state index contributed by atoms with van der Waals surface area (Å²) in [4.78, 5) is 26.0. The number of para-hydroxylation sites is 1. The number of aliphatic hydroxyl groups excluding tert-OH is 1. The molecule has 1 aliphatic rings. The molecule has 0 saturated carbocycles. The fourth-order valence-electron chi connectivity index (χ4n) is 2.88. The first-order valence-corrected chi connectivity index (χ1v) is 7.90. The van der Waals surface area contributed by atoms with Crippen molar-refractivity contribution in [1.82, 2.24) is 5.32 Å². The van der Waals surface area contributed by atoms with Crippen LogP contribution in [0.4, 0.5) is 14.5 Å². The molecule has 0 unspecified atom stereocenters. The third-order valence-electron chi connectivity index (χ3n) is 4.20. The smallest absolute Gasteiger partial charge is 0.251 e. The first-order chi connectivity index (χ1) is 12.4. The van der Waals surface area contributed by atoms with E-state index < -0.39 is 23.4 Å². The van der Waals surface area contributed by atoms with Gasteiger partial charge in [-0.2, -0.15) is 0 Å². The van der Waals surface area contributed by atoms with Crippen LogP contribution in [0.5, 0.6) is 0 Å². The van der Waals surface area contributed by atoms with Crippen molar-refractivity contribution in [2.45, 2.75) is 13.0 Å². The van der Waals surface area contributed by atoms with Crippen LogP contribution in [0.2, 0.25) is 0 Å². The Hall–Kier alpha value is -3.22. The molecule has 0 atom stereocenters. The predicted molar refractivity (Wildman–Crippen MR) is 92.2 cm³/mol. The van der Waals surface area contributed by atoms with Gasteiger partial charge >= 0.3 is 0 Å². The molecule has 0 spiro atoms. The average Bonchev–Trinajstić information content (AvgIpc) is 2.74. The molecule has 3 rings (SSSR count). The molecule has 2 aromatic rings. The number of benzene rings is 2. The van der Waals surface area contributed by atoms with Gasteiger partial charge in [0.15, 0.2) is 0 Å². The zero-order valence-electron chi connectivity index (χ0n) is 13.9. The van der Waals surface area contributed by atoms with Crippen LogP contribution < -0.4 is 10.2 Å². The second kappa shape index (κ2) is 6.95. The number of carbonyl (C=O) groups is 2. The Kier molecular flexibility index (Phi) is 4.71. The van der Waals surface area contributed by atoms with E-state index in [4.69, 9.17) is 0 Å². The molecule has 0 bridgehead atoms. The Morgan fingerprint density at radius 3 is 2.69 bits per heavy atom. The van der Waals surface area contributed by atoms with E-state index in [9.17, 15) is 23.5 Å². The summed E-state index contributed by atoms with van der Waals surface area (Å²) in [6, 6.07) is 9.43. The molecule has 1 aliphatic heterocycles. The number of nitrogens with zero attached hydrogens (tertiary/aromatic N) is 1. The first kappa shape index (κ1) is 17.6. The molecular weight excluding hydrogens is 342 g/mol. The molecule has 0 fully saturated rings. The molecule has 26 heavy (non-hydrogen) atoms. The summed E-state index contributed by atoms with van der Waals surface area (Å²) in [6.45, 7) is -0.228. The minimum absolute atomic E-state index is 0.00367. The maximum absolute atomic E-state index is 14.0. The molecule has 0 saturated heterocycles. The van der Waals surface area contributed by atoms with Gasteiger partial charge in [0.05, 0.1) is 24.2 Å². The van der Waals surface area contributed by atoms with E-state index in [-0.39, 0.29) is 35.4 Å².